The maximum Gasteiger partial charge on any atom is 0.407 e. The third-order valence-electron chi connectivity index (χ3n) is 5.36. The van der Waals surface area contributed by atoms with E-state index < -0.39 is 29.0 Å². The van der Waals surface area contributed by atoms with Gasteiger partial charge in [0.05, 0.1) is 5.56 Å². The smallest absolute Gasteiger partial charge is 0.407 e. The van der Waals surface area contributed by atoms with E-state index in [2.05, 4.69) is 0 Å². The van der Waals surface area contributed by atoms with Gasteiger partial charge in [0.15, 0.2) is 17.1 Å². The number of ketones is 2. The van der Waals surface area contributed by atoms with Crippen LogP contribution in [0.2, 0.25) is 0 Å². The second kappa shape index (κ2) is 6.28. The average Bonchev–Trinajstić information content (AvgIpc) is 2.92. The van der Waals surface area contributed by atoms with Crippen LogP contribution < -0.4 is 0 Å². The molecule has 1 fully saturated rings. The van der Waals surface area contributed by atoms with E-state index in [0.717, 1.165) is 0 Å². The number of carbonyl (C=O) groups excluding carboxylic acids is 2. The van der Waals surface area contributed by atoms with E-state index in [1.54, 1.807) is 35.2 Å². The molecule has 1 unspecified atom stereocenters. The Morgan fingerprint density at radius 2 is 1.59 bits per heavy atom. The minimum Gasteiger partial charge on any atom is -0.465 e. The van der Waals surface area contributed by atoms with Crippen molar-refractivity contribution in [3.63, 3.8) is 0 Å². The molecule has 0 radical (unpaired) electrons. The lowest BCUT2D eigenvalue weighted by molar-refractivity contribution is 0.0305. The summed E-state index contributed by atoms with van der Waals surface area (Å²) in [4.78, 5) is 41.0. The van der Waals surface area contributed by atoms with Crippen molar-refractivity contribution in [3.05, 3.63) is 71.0 Å². The third-order valence-corrected chi connectivity index (χ3v) is 5.36. The largest absolute Gasteiger partial charge is 0.465 e. The van der Waals surface area contributed by atoms with E-state index in [4.69, 9.17) is 0 Å². The fourth-order valence-electron chi connectivity index (χ4n) is 4.07. The normalized spacial score (nSPS) is 22.8. The predicted octanol–water partition coefficient (Wildman–Crippen LogP) is 2.40. The maximum absolute atomic E-state index is 14.4. The lowest BCUT2D eigenvalue weighted by Gasteiger charge is -2.43. The van der Waals surface area contributed by atoms with E-state index in [9.17, 15) is 23.9 Å². The summed E-state index contributed by atoms with van der Waals surface area (Å²) in [5, 5.41) is 9.18. The highest BCUT2D eigenvalue weighted by atomic mass is 19.1. The summed E-state index contributed by atoms with van der Waals surface area (Å²) >= 11 is 0. The monoisotopic (exact) mass is 368 g/mol. The summed E-state index contributed by atoms with van der Waals surface area (Å²) in [6.07, 6.45) is -1.04. The maximum atomic E-state index is 14.4. The molecule has 0 spiro atoms. The molecule has 7 heteroatoms. The van der Waals surface area contributed by atoms with Crippen LogP contribution in [0.4, 0.5) is 9.18 Å². The van der Waals surface area contributed by atoms with E-state index in [1.807, 2.05) is 0 Å². The molecule has 1 amide bonds. The molecule has 6 nitrogen and oxygen atoms in total. The molecule has 138 valence electrons. The van der Waals surface area contributed by atoms with Gasteiger partial charge in [0.1, 0.15) is 5.82 Å². The van der Waals surface area contributed by atoms with Gasteiger partial charge < -0.3 is 10.0 Å². The number of halogens is 1. The van der Waals surface area contributed by atoms with Gasteiger partial charge in [-0.1, -0.05) is 42.5 Å². The first kappa shape index (κ1) is 17.4. The summed E-state index contributed by atoms with van der Waals surface area (Å²) in [5.41, 5.74) is -1.30. The van der Waals surface area contributed by atoms with Crippen molar-refractivity contribution in [2.24, 2.45) is 0 Å². The molecular formula is C20H17FN2O4. The van der Waals surface area contributed by atoms with Crippen LogP contribution >= 0.6 is 0 Å². The molecular weight excluding hydrogens is 351 g/mol. The fourth-order valence-corrected chi connectivity index (χ4v) is 4.07. The number of Topliss-reactive ketones (excluding diaryl/α,β-unsaturated/α-hetero) is 2. The number of fused-ring (bicyclic) bond motifs is 1. The number of rotatable bonds is 2. The first-order valence-electron chi connectivity index (χ1n) is 8.64. The fraction of sp³-hybridized carbons (Fsp3) is 0.250. The Balaban J connectivity index is 1.86. The molecule has 0 saturated carbocycles. The van der Waals surface area contributed by atoms with Crippen LogP contribution in [0.3, 0.4) is 0 Å². The number of amides is 1. The number of carbonyl (C=O) groups is 3. The van der Waals surface area contributed by atoms with E-state index >= 15 is 0 Å². The van der Waals surface area contributed by atoms with Gasteiger partial charge in [-0.15, -0.1) is 0 Å². The molecule has 0 aromatic heterocycles. The van der Waals surface area contributed by atoms with Crippen LogP contribution in [0.5, 0.6) is 0 Å². The zero-order valence-corrected chi connectivity index (χ0v) is 14.4. The Hall–Kier alpha value is -3.06. The summed E-state index contributed by atoms with van der Waals surface area (Å²) in [5.74, 6) is -1.76. The average molecular weight is 368 g/mol. The number of nitrogens with zero attached hydrogens (tertiary/aromatic N) is 2. The van der Waals surface area contributed by atoms with Gasteiger partial charge in [-0.05, 0) is 11.6 Å². The van der Waals surface area contributed by atoms with Crippen molar-refractivity contribution >= 4 is 17.7 Å². The molecule has 27 heavy (non-hydrogen) atoms. The minimum absolute atomic E-state index is 0.0736. The predicted molar refractivity (Wildman–Crippen MR) is 94.4 cm³/mol. The van der Waals surface area contributed by atoms with E-state index in [0.29, 0.717) is 5.56 Å². The van der Waals surface area contributed by atoms with Crippen LogP contribution in [0.15, 0.2) is 48.5 Å². The second-order valence-corrected chi connectivity index (χ2v) is 6.65. The molecule has 2 aromatic rings. The minimum atomic E-state index is -1.66. The van der Waals surface area contributed by atoms with Gasteiger partial charge in [-0.3, -0.25) is 14.5 Å². The summed E-state index contributed by atoms with van der Waals surface area (Å²) < 4.78 is 14.4. The zero-order valence-electron chi connectivity index (χ0n) is 14.4. The Bertz CT molecular complexity index is 938. The van der Waals surface area contributed by atoms with Gasteiger partial charge in [-0.25, -0.2) is 9.18 Å². The molecule has 4 rings (SSSR count). The van der Waals surface area contributed by atoms with Gasteiger partial charge in [0.2, 0.25) is 0 Å². The first-order valence-corrected chi connectivity index (χ1v) is 8.64. The third kappa shape index (κ3) is 2.39. The summed E-state index contributed by atoms with van der Waals surface area (Å²) in [6.45, 7) is 0.745. The molecule has 2 aromatic carbocycles. The van der Waals surface area contributed by atoms with Gasteiger partial charge in [0.25, 0.3) is 0 Å². The van der Waals surface area contributed by atoms with Crippen LogP contribution in [0.25, 0.3) is 0 Å². The SMILES string of the molecule is O=C(O)N1CCN(C2(c3ccccc3)C(=O)c3cccc(F)c3C2=O)CC1. The number of hydrogen-bond acceptors (Lipinski definition) is 4. The van der Waals surface area contributed by atoms with Crippen molar-refractivity contribution in [1.82, 2.24) is 9.80 Å². The number of carboxylic acid groups (broad SMARTS) is 1. The lowest BCUT2D eigenvalue weighted by atomic mass is 9.82. The van der Waals surface area contributed by atoms with Crippen LogP contribution in [-0.4, -0.2) is 58.7 Å². The number of hydrogen-bond donors (Lipinski definition) is 1. The van der Waals surface area contributed by atoms with Gasteiger partial charge in [0, 0.05) is 31.7 Å². The standard InChI is InChI=1S/C20H17FN2O4/c21-15-8-4-7-14-16(15)18(25)20(17(14)24,13-5-2-1-3-6-13)23-11-9-22(10-12-23)19(26)27/h1-8H,9-12H2,(H,26,27). The summed E-state index contributed by atoms with van der Waals surface area (Å²) in [7, 11) is 0. The highest BCUT2D eigenvalue weighted by Crippen LogP contribution is 2.43. The molecule has 1 saturated heterocycles. The van der Waals surface area contributed by atoms with Crippen LogP contribution in [0.1, 0.15) is 26.3 Å². The molecule has 1 heterocycles. The topological polar surface area (TPSA) is 77.9 Å². The Morgan fingerprint density at radius 3 is 2.19 bits per heavy atom. The van der Waals surface area contributed by atoms with Crippen LogP contribution in [-0.2, 0) is 5.54 Å². The quantitative estimate of drug-likeness (QED) is 0.824. The number of benzene rings is 2. The lowest BCUT2D eigenvalue weighted by Crippen LogP contribution is -2.61. The Kier molecular flexibility index (Phi) is 4.04. The van der Waals surface area contributed by atoms with E-state index in [1.165, 1.54) is 23.1 Å². The van der Waals surface area contributed by atoms with Crippen molar-refractivity contribution in [3.8, 4) is 0 Å². The molecule has 1 aliphatic carbocycles. The first-order chi connectivity index (χ1) is 13.0. The van der Waals surface area contributed by atoms with Crippen molar-refractivity contribution in [1.29, 1.82) is 0 Å². The highest BCUT2D eigenvalue weighted by molar-refractivity contribution is 6.33. The molecule has 1 aliphatic heterocycles. The number of piperazine rings is 1. The highest BCUT2D eigenvalue weighted by Gasteiger charge is 2.59. The zero-order chi connectivity index (χ0) is 19.2. The van der Waals surface area contributed by atoms with Gasteiger partial charge >= 0.3 is 6.09 Å². The second-order valence-electron chi connectivity index (χ2n) is 6.65. The van der Waals surface area contributed by atoms with Crippen molar-refractivity contribution in [2.45, 2.75) is 5.54 Å². The Labute approximate surface area is 154 Å². The van der Waals surface area contributed by atoms with E-state index in [-0.39, 0.29) is 37.3 Å². The summed E-state index contributed by atoms with van der Waals surface area (Å²) in [6, 6.07) is 12.7. The van der Waals surface area contributed by atoms with Crippen molar-refractivity contribution < 1.29 is 23.9 Å². The molecule has 2 aliphatic rings. The van der Waals surface area contributed by atoms with Gasteiger partial charge in [-0.2, -0.15) is 0 Å². The Morgan fingerprint density at radius 1 is 0.926 bits per heavy atom. The van der Waals surface area contributed by atoms with Crippen LogP contribution in [0, 0.1) is 5.82 Å². The molecule has 0 bridgehead atoms. The molecule has 1 atom stereocenters. The van der Waals surface area contributed by atoms with Crippen molar-refractivity contribution in [2.75, 3.05) is 26.2 Å². The molecule has 1 N–H and O–H groups in total.